The van der Waals surface area contributed by atoms with Crippen LogP contribution in [0, 0.1) is 6.92 Å². The molecule has 3 aromatic rings. The topological polar surface area (TPSA) is 86.4 Å². The monoisotopic (exact) mass is 540 g/mol. The van der Waals surface area contributed by atoms with Crippen molar-refractivity contribution in [3.8, 4) is 5.69 Å². The number of aliphatic imine (C=N–C) groups is 1. The summed E-state index contributed by atoms with van der Waals surface area (Å²) < 4.78 is 7.74. The number of nitrogens with zero attached hydrogens (tertiary/aromatic N) is 4. The standard InChI is InChI=1S/C17H13BrN4.C5H10O2.C4H8.CH2O/c1-11-9-20-16-10-21-17(14-4-2-3-7-19-14)13-8-12(18)5-6-15(13)22(11)16;1-3-5(6)7-4-2;1-3-4-2;1-2/h2-9H,10H2,1H3;3-4H2,1-2H3;3-4H,1-2H3;1H2/b;;4-3-;. The Morgan fingerprint density at radius 1 is 1.14 bits per heavy atom. The predicted molar refractivity (Wildman–Crippen MR) is 144 cm³/mol. The van der Waals surface area contributed by atoms with Crippen molar-refractivity contribution in [2.45, 2.75) is 47.6 Å². The summed E-state index contributed by atoms with van der Waals surface area (Å²) in [6.45, 7) is 12.7. The molecule has 0 radical (unpaired) electrons. The molecule has 0 spiro atoms. The van der Waals surface area contributed by atoms with E-state index in [9.17, 15) is 4.79 Å². The number of halogens is 1. The van der Waals surface area contributed by atoms with E-state index in [-0.39, 0.29) is 5.97 Å². The third kappa shape index (κ3) is 8.72. The quantitative estimate of drug-likeness (QED) is 0.298. The first-order valence-corrected chi connectivity index (χ1v) is 12.1. The Labute approximate surface area is 216 Å². The van der Waals surface area contributed by atoms with Gasteiger partial charge in [0.1, 0.15) is 12.6 Å². The summed E-state index contributed by atoms with van der Waals surface area (Å²) in [5, 5.41) is 0. The minimum atomic E-state index is -0.123. The highest BCUT2D eigenvalue weighted by Gasteiger charge is 2.21. The highest BCUT2D eigenvalue weighted by molar-refractivity contribution is 9.10. The van der Waals surface area contributed by atoms with E-state index in [1.165, 1.54) is 0 Å². The molecule has 3 heterocycles. The second kappa shape index (κ2) is 16.3. The van der Waals surface area contributed by atoms with Gasteiger partial charge in [-0.25, -0.2) is 4.98 Å². The number of esters is 1. The summed E-state index contributed by atoms with van der Waals surface area (Å²) >= 11 is 3.56. The fraction of sp³-hybridized carbons (Fsp3) is 0.296. The van der Waals surface area contributed by atoms with Gasteiger partial charge in [0.15, 0.2) is 0 Å². The first-order valence-electron chi connectivity index (χ1n) is 11.3. The van der Waals surface area contributed by atoms with Gasteiger partial charge in [0, 0.05) is 34.5 Å². The van der Waals surface area contributed by atoms with E-state index in [1.54, 1.807) is 20.0 Å². The van der Waals surface area contributed by atoms with E-state index in [4.69, 9.17) is 9.79 Å². The van der Waals surface area contributed by atoms with Gasteiger partial charge < -0.3 is 9.53 Å². The maximum Gasteiger partial charge on any atom is 0.305 e. The van der Waals surface area contributed by atoms with Crippen LogP contribution in [-0.2, 0) is 20.9 Å². The summed E-state index contributed by atoms with van der Waals surface area (Å²) in [6, 6.07) is 12.1. The second-order valence-electron chi connectivity index (χ2n) is 7.02. The van der Waals surface area contributed by atoms with Gasteiger partial charge >= 0.3 is 5.97 Å². The SMILES string of the molecule is C/C=C\C.C=O.CCOC(=O)CC.Cc1cnc2n1-c1ccc(Br)cc1C(c1ccccn1)=NC2. The van der Waals surface area contributed by atoms with Crippen LogP contribution in [0.25, 0.3) is 5.69 Å². The molecule has 0 aliphatic carbocycles. The second-order valence-corrected chi connectivity index (χ2v) is 7.93. The summed E-state index contributed by atoms with van der Waals surface area (Å²) in [7, 11) is 0. The van der Waals surface area contributed by atoms with Crippen LogP contribution in [0.15, 0.2) is 70.4 Å². The molecule has 0 atom stereocenters. The Kier molecular flexibility index (Phi) is 13.8. The van der Waals surface area contributed by atoms with Gasteiger partial charge in [-0.2, -0.15) is 0 Å². The molecule has 0 fully saturated rings. The van der Waals surface area contributed by atoms with Crippen LogP contribution < -0.4 is 0 Å². The Bertz CT molecular complexity index is 1120. The molecule has 4 rings (SSSR count). The fourth-order valence-electron chi connectivity index (χ4n) is 3.04. The zero-order valence-corrected chi connectivity index (χ0v) is 22.6. The van der Waals surface area contributed by atoms with Gasteiger partial charge in [-0.05, 0) is 58.0 Å². The minimum absolute atomic E-state index is 0.123. The minimum Gasteiger partial charge on any atom is -0.466 e. The van der Waals surface area contributed by atoms with Crippen LogP contribution >= 0.6 is 15.9 Å². The number of carbonyl (C=O) groups excluding carboxylic acids is 2. The molecule has 0 saturated heterocycles. The van der Waals surface area contributed by atoms with Crippen LogP contribution in [0.3, 0.4) is 0 Å². The molecule has 8 heteroatoms. The summed E-state index contributed by atoms with van der Waals surface area (Å²) in [4.78, 5) is 31.9. The van der Waals surface area contributed by atoms with E-state index in [0.29, 0.717) is 19.6 Å². The van der Waals surface area contributed by atoms with E-state index in [1.807, 2.05) is 63.3 Å². The van der Waals surface area contributed by atoms with E-state index in [2.05, 4.69) is 54.3 Å². The van der Waals surface area contributed by atoms with Gasteiger partial charge in [0.2, 0.25) is 0 Å². The van der Waals surface area contributed by atoms with Gasteiger partial charge in [0.05, 0.1) is 30.2 Å². The average Bonchev–Trinajstić information content (AvgIpc) is 3.18. The lowest BCUT2D eigenvalue weighted by Gasteiger charge is -2.13. The third-order valence-corrected chi connectivity index (χ3v) is 5.17. The van der Waals surface area contributed by atoms with E-state index in [0.717, 1.165) is 38.6 Å². The number of aromatic nitrogens is 3. The molecule has 0 amide bonds. The first-order chi connectivity index (χ1) is 17.0. The molecule has 0 saturated carbocycles. The maximum atomic E-state index is 10.2. The number of ether oxygens (including phenoxy) is 1. The molecular formula is C27H33BrN4O3. The van der Waals surface area contributed by atoms with Crippen LogP contribution in [0.5, 0.6) is 0 Å². The molecule has 186 valence electrons. The molecule has 0 N–H and O–H groups in total. The van der Waals surface area contributed by atoms with Crippen molar-refractivity contribution in [3.63, 3.8) is 0 Å². The zero-order chi connectivity index (χ0) is 26.2. The van der Waals surface area contributed by atoms with Gasteiger partial charge in [0.25, 0.3) is 0 Å². The normalized spacial score (nSPS) is 11.1. The molecule has 7 nitrogen and oxygen atoms in total. The smallest absolute Gasteiger partial charge is 0.305 e. The molecular weight excluding hydrogens is 508 g/mol. The number of benzene rings is 1. The Balaban J connectivity index is 0.000000396. The molecule has 1 aromatic carbocycles. The fourth-order valence-corrected chi connectivity index (χ4v) is 3.40. The lowest BCUT2D eigenvalue weighted by atomic mass is 10.0. The number of carbonyl (C=O) groups is 2. The molecule has 35 heavy (non-hydrogen) atoms. The van der Waals surface area contributed by atoms with Crippen molar-refractivity contribution in [1.82, 2.24) is 14.5 Å². The number of imidazole rings is 1. The molecule has 0 bridgehead atoms. The number of hydrogen-bond acceptors (Lipinski definition) is 6. The van der Waals surface area contributed by atoms with E-state index >= 15 is 0 Å². The first kappa shape index (κ1) is 29.6. The van der Waals surface area contributed by atoms with Crippen molar-refractivity contribution in [2.75, 3.05) is 6.61 Å². The zero-order valence-electron chi connectivity index (χ0n) is 21.0. The highest BCUT2D eigenvalue weighted by Crippen LogP contribution is 2.28. The Hall–Kier alpha value is -3.39. The van der Waals surface area contributed by atoms with Gasteiger partial charge in [-0.15, -0.1) is 0 Å². The number of aryl methyl sites for hydroxylation is 1. The molecule has 0 unspecified atom stereocenters. The lowest BCUT2D eigenvalue weighted by Crippen LogP contribution is -2.09. The summed E-state index contributed by atoms with van der Waals surface area (Å²) in [6.07, 6.45) is 8.17. The Morgan fingerprint density at radius 2 is 1.86 bits per heavy atom. The molecule has 1 aliphatic heterocycles. The van der Waals surface area contributed by atoms with E-state index < -0.39 is 0 Å². The summed E-state index contributed by atoms with van der Waals surface area (Å²) in [5.74, 6) is 0.828. The van der Waals surface area contributed by atoms with Crippen LogP contribution in [-0.4, -0.2) is 39.6 Å². The largest absolute Gasteiger partial charge is 0.466 e. The van der Waals surface area contributed by atoms with Gasteiger partial charge in [-0.3, -0.25) is 19.3 Å². The maximum absolute atomic E-state index is 10.2. The lowest BCUT2D eigenvalue weighted by molar-refractivity contribution is -0.142. The van der Waals surface area contributed by atoms with Crippen LogP contribution in [0.4, 0.5) is 0 Å². The number of fused-ring (bicyclic) bond motifs is 3. The summed E-state index contributed by atoms with van der Waals surface area (Å²) in [5.41, 5.74) is 5.05. The third-order valence-electron chi connectivity index (χ3n) is 4.68. The number of rotatable bonds is 3. The van der Waals surface area contributed by atoms with Crippen LogP contribution in [0.1, 0.15) is 56.9 Å². The van der Waals surface area contributed by atoms with Crippen molar-refractivity contribution in [3.05, 3.63) is 88.2 Å². The Morgan fingerprint density at radius 3 is 2.40 bits per heavy atom. The number of allylic oxidation sites excluding steroid dienone is 2. The number of pyridine rings is 1. The predicted octanol–water partition coefficient (Wildman–Crippen LogP) is 6.05. The van der Waals surface area contributed by atoms with Crippen molar-refractivity contribution >= 4 is 34.4 Å². The average molecular weight is 541 g/mol. The highest BCUT2D eigenvalue weighted by atomic mass is 79.9. The number of hydrogen-bond donors (Lipinski definition) is 0. The molecule has 1 aliphatic rings. The van der Waals surface area contributed by atoms with Crippen molar-refractivity contribution in [1.29, 1.82) is 0 Å². The molecule has 2 aromatic heterocycles. The van der Waals surface area contributed by atoms with Crippen molar-refractivity contribution in [2.24, 2.45) is 4.99 Å². The van der Waals surface area contributed by atoms with Crippen molar-refractivity contribution < 1.29 is 14.3 Å². The van der Waals surface area contributed by atoms with Gasteiger partial charge in [-0.1, -0.05) is 41.1 Å². The van der Waals surface area contributed by atoms with Crippen LogP contribution in [0.2, 0.25) is 0 Å².